The summed E-state index contributed by atoms with van der Waals surface area (Å²) in [6, 6.07) is 2.00. The van der Waals surface area contributed by atoms with Crippen LogP contribution in [0, 0.1) is 0 Å². The van der Waals surface area contributed by atoms with Crippen LogP contribution in [-0.2, 0) is 13.1 Å². The third-order valence-electron chi connectivity index (χ3n) is 2.12. The summed E-state index contributed by atoms with van der Waals surface area (Å²) in [5.41, 5.74) is -3.09. The van der Waals surface area contributed by atoms with E-state index in [1.54, 1.807) is 0 Å². The van der Waals surface area contributed by atoms with Gasteiger partial charge >= 0.3 is 70.2 Å². The van der Waals surface area contributed by atoms with Crippen LogP contribution in [0.25, 0.3) is 0 Å². The van der Waals surface area contributed by atoms with Crippen LogP contribution in [0.2, 0.25) is 0 Å². The summed E-state index contributed by atoms with van der Waals surface area (Å²) in [5.74, 6) is 0. The van der Waals surface area contributed by atoms with Crippen LogP contribution in [0.3, 0.4) is 0 Å². The average molecular weight is 242 g/mol. The fraction of sp³-hybridized carbons (Fsp3) is 0.250. The van der Waals surface area contributed by atoms with Gasteiger partial charge in [0.1, 0.15) is 0 Å². The average Bonchev–Trinajstić information content (AvgIpc) is 2.16. The van der Waals surface area contributed by atoms with Crippen molar-refractivity contribution in [3.63, 3.8) is 0 Å². The van der Waals surface area contributed by atoms with E-state index < -0.39 is 22.2 Å². The van der Waals surface area contributed by atoms with Crippen LogP contribution >= 0.6 is 0 Å². The van der Waals surface area contributed by atoms with Gasteiger partial charge in [-0.15, -0.1) is 0 Å². The van der Waals surface area contributed by atoms with Crippen LogP contribution in [0.4, 0.5) is 0 Å². The molecule has 0 spiro atoms. The van der Waals surface area contributed by atoms with Crippen molar-refractivity contribution in [2.45, 2.75) is 13.1 Å². The Hall–Kier alpha value is 0.0200. The fourth-order valence-corrected chi connectivity index (χ4v) is 1.38. The summed E-state index contributed by atoms with van der Waals surface area (Å²) < 4.78 is 1.67. The number of hydrogen-bond acceptors (Lipinski definition) is 4. The standard InChI is InChI=1S/C8H6N2O4.2Na.2H/c11-5-1-2-6(12)10-4-3-9(5)7(13)8(10)14;;;;/h1-2H,3-4H2;;;;. The zero-order chi connectivity index (χ0) is 10.3. The van der Waals surface area contributed by atoms with E-state index in [-0.39, 0.29) is 72.2 Å². The molecule has 3 rings (SSSR count). The van der Waals surface area contributed by atoms with Crippen LogP contribution in [0.1, 0.15) is 0 Å². The van der Waals surface area contributed by atoms with Crippen molar-refractivity contribution in [1.82, 2.24) is 9.13 Å². The van der Waals surface area contributed by atoms with E-state index in [4.69, 9.17) is 0 Å². The Bertz CT molecular complexity index is 578. The normalized spacial score (nSPS) is 11.2. The van der Waals surface area contributed by atoms with Crippen molar-refractivity contribution in [3.05, 3.63) is 53.5 Å². The summed E-state index contributed by atoms with van der Waals surface area (Å²) in [5, 5.41) is 0. The molecule has 16 heavy (non-hydrogen) atoms. The molecular weight excluding hydrogens is 234 g/mol. The number of fused-ring (bicyclic) bond motifs is 5. The Labute approximate surface area is 134 Å². The summed E-state index contributed by atoms with van der Waals surface area (Å²) in [4.78, 5) is 44.9. The van der Waals surface area contributed by atoms with Gasteiger partial charge in [0.25, 0.3) is 11.1 Å². The molecule has 0 unspecified atom stereocenters. The molecular formula is C8H8N2Na2O4. The summed E-state index contributed by atoms with van der Waals surface area (Å²) in [6.07, 6.45) is 0. The maximum atomic E-state index is 11.2. The SMILES string of the molecule is O=c1ccc(=O)n2c(=O)c(=O)n1CC2.[NaH].[NaH]. The Balaban J connectivity index is 0.00000112. The van der Waals surface area contributed by atoms with Gasteiger partial charge in [0.15, 0.2) is 0 Å². The number of rotatable bonds is 0. The van der Waals surface area contributed by atoms with Crippen molar-refractivity contribution >= 4 is 59.1 Å². The molecule has 2 aliphatic rings. The van der Waals surface area contributed by atoms with E-state index in [0.29, 0.717) is 0 Å². The first kappa shape index (κ1) is 16.0. The van der Waals surface area contributed by atoms with E-state index in [0.717, 1.165) is 21.3 Å². The minimum atomic E-state index is -0.932. The van der Waals surface area contributed by atoms with Gasteiger partial charge in [-0.05, 0) is 0 Å². The fourth-order valence-electron chi connectivity index (χ4n) is 1.38. The Morgan fingerprint density at radius 1 is 0.750 bits per heavy atom. The maximum absolute atomic E-state index is 11.2. The number of hydrogen-bond donors (Lipinski definition) is 0. The first-order valence-corrected chi connectivity index (χ1v) is 4.00. The molecule has 1 aromatic rings. The van der Waals surface area contributed by atoms with Gasteiger partial charge in [0, 0.05) is 25.2 Å². The van der Waals surface area contributed by atoms with Gasteiger partial charge in [-0.3, -0.25) is 28.3 Å². The molecule has 8 heteroatoms. The molecule has 2 aliphatic heterocycles. The predicted octanol–water partition coefficient (Wildman–Crippen LogP) is -3.55. The molecule has 0 saturated heterocycles. The minimum absolute atomic E-state index is 0. The number of nitrogens with zero attached hydrogens (tertiary/aromatic N) is 2. The quantitative estimate of drug-likeness (QED) is 0.348. The summed E-state index contributed by atoms with van der Waals surface area (Å²) in [6.45, 7) is 0.166. The molecule has 2 bridgehead atoms. The van der Waals surface area contributed by atoms with Crippen molar-refractivity contribution < 1.29 is 0 Å². The van der Waals surface area contributed by atoms with E-state index in [2.05, 4.69) is 0 Å². The third-order valence-corrected chi connectivity index (χ3v) is 2.12. The van der Waals surface area contributed by atoms with E-state index in [9.17, 15) is 19.2 Å². The monoisotopic (exact) mass is 242 g/mol. The molecule has 0 N–H and O–H groups in total. The molecule has 76 valence electrons. The Morgan fingerprint density at radius 3 is 1.38 bits per heavy atom. The van der Waals surface area contributed by atoms with Gasteiger partial charge < -0.3 is 0 Å². The molecule has 0 radical (unpaired) electrons. The first-order valence-electron chi connectivity index (χ1n) is 4.00. The van der Waals surface area contributed by atoms with Crippen LogP contribution in [0.15, 0.2) is 31.3 Å². The van der Waals surface area contributed by atoms with E-state index >= 15 is 0 Å². The zero-order valence-corrected chi connectivity index (χ0v) is 7.10. The molecule has 0 saturated carbocycles. The zero-order valence-electron chi connectivity index (χ0n) is 7.10. The molecule has 3 heterocycles. The van der Waals surface area contributed by atoms with Gasteiger partial charge in [-0.2, -0.15) is 0 Å². The second kappa shape index (κ2) is 6.09. The molecule has 6 nitrogen and oxygen atoms in total. The van der Waals surface area contributed by atoms with Crippen molar-refractivity contribution in [3.8, 4) is 0 Å². The molecule has 0 aliphatic carbocycles. The van der Waals surface area contributed by atoms with Gasteiger partial charge in [-0.1, -0.05) is 0 Å². The van der Waals surface area contributed by atoms with Crippen LogP contribution < -0.4 is 22.2 Å². The molecule has 0 atom stereocenters. The number of aromatic nitrogens is 2. The predicted molar refractivity (Wildman–Crippen MR) is 61.8 cm³/mol. The van der Waals surface area contributed by atoms with Gasteiger partial charge in [-0.25, -0.2) is 0 Å². The van der Waals surface area contributed by atoms with Crippen LogP contribution in [-0.4, -0.2) is 68.2 Å². The topological polar surface area (TPSA) is 78.1 Å². The van der Waals surface area contributed by atoms with Crippen molar-refractivity contribution in [2.75, 3.05) is 0 Å². The molecule has 0 amide bonds. The Morgan fingerprint density at radius 2 is 1.06 bits per heavy atom. The molecule has 1 aromatic heterocycles. The van der Waals surface area contributed by atoms with E-state index in [1.807, 2.05) is 0 Å². The molecule has 0 aromatic carbocycles. The first-order chi connectivity index (χ1) is 6.61. The van der Waals surface area contributed by atoms with E-state index in [1.165, 1.54) is 0 Å². The van der Waals surface area contributed by atoms with Gasteiger partial charge in [0.05, 0.1) is 0 Å². The van der Waals surface area contributed by atoms with Crippen molar-refractivity contribution in [1.29, 1.82) is 0 Å². The van der Waals surface area contributed by atoms with Crippen molar-refractivity contribution in [2.24, 2.45) is 0 Å². The second-order valence-electron chi connectivity index (χ2n) is 2.92. The Kier molecular flexibility index (Phi) is 6.10. The van der Waals surface area contributed by atoms with Gasteiger partial charge in [0.2, 0.25) is 0 Å². The summed E-state index contributed by atoms with van der Waals surface area (Å²) >= 11 is 0. The second-order valence-corrected chi connectivity index (χ2v) is 2.92. The summed E-state index contributed by atoms with van der Waals surface area (Å²) in [7, 11) is 0. The molecule has 0 fully saturated rings. The third kappa shape index (κ3) is 2.64. The van der Waals surface area contributed by atoms with Crippen LogP contribution in [0.5, 0.6) is 0 Å².